The van der Waals surface area contributed by atoms with E-state index in [9.17, 15) is 10.1 Å². The molecule has 0 amide bonds. The predicted molar refractivity (Wildman–Crippen MR) is 65.7 cm³/mol. The number of nitrogens with zero attached hydrogens (tertiary/aromatic N) is 4. The maximum Gasteiger partial charge on any atom is 0.406 e. The number of rotatable bonds is 4. The van der Waals surface area contributed by atoms with Gasteiger partial charge in [0, 0.05) is 33.7 Å². The van der Waals surface area contributed by atoms with Crippen LogP contribution in [0, 0.1) is 10.1 Å². The van der Waals surface area contributed by atoms with Gasteiger partial charge >= 0.3 is 5.82 Å². The van der Waals surface area contributed by atoms with E-state index in [0.29, 0.717) is 19.0 Å². The molecule has 1 aliphatic heterocycles. The molecule has 2 heterocycles. The van der Waals surface area contributed by atoms with Crippen molar-refractivity contribution in [2.45, 2.75) is 6.10 Å². The number of aromatic nitrogens is 2. The molecular formula is C10H17N5O3. The van der Waals surface area contributed by atoms with Gasteiger partial charge < -0.3 is 25.1 Å². The third-order valence-electron chi connectivity index (χ3n) is 2.90. The van der Waals surface area contributed by atoms with Crippen molar-refractivity contribution < 1.29 is 9.66 Å². The van der Waals surface area contributed by atoms with Gasteiger partial charge in [0.2, 0.25) is 12.1 Å². The number of nitro groups is 1. The minimum atomic E-state index is -0.466. The van der Waals surface area contributed by atoms with Gasteiger partial charge in [-0.3, -0.25) is 4.57 Å². The van der Waals surface area contributed by atoms with Crippen LogP contribution >= 0.6 is 0 Å². The number of likely N-dealkylation sites (N-methyl/N-ethyl adjacent to an activating group) is 1. The highest BCUT2D eigenvalue weighted by molar-refractivity contribution is 5.54. The fourth-order valence-corrected chi connectivity index (χ4v) is 2.11. The van der Waals surface area contributed by atoms with Gasteiger partial charge in [-0.05, 0) is 9.91 Å². The second kappa shape index (κ2) is 5.32. The van der Waals surface area contributed by atoms with Crippen molar-refractivity contribution in [2.75, 3.05) is 38.2 Å². The highest BCUT2D eigenvalue weighted by Crippen LogP contribution is 2.24. The molecule has 0 spiro atoms. The number of imidazole rings is 1. The van der Waals surface area contributed by atoms with Crippen LogP contribution in [-0.4, -0.2) is 53.9 Å². The summed E-state index contributed by atoms with van der Waals surface area (Å²) in [7, 11) is 3.55. The maximum atomic E-state index is 10.9. The number of nitrogens with one attached hydrogen (secondary N) is 1. The average Bonchev–Trinajstić information content (AvgIpc) is 2.72. The minimum Gasteiger partial charge on any atom is -0.374 e. The second-order valence-corrected chi connectivity index (χ2v) is 4.34. The first-order valence-electron chi connectivity index (χ1n) is 5.78. The van der Waals surface area contributed by atoms with Crippen molar-refractivity contribution >= 4 is 11.6 Å². The normalized spacial score (nSPS) is 19.8. The summed E-state index contributed by atoms with van der Waals surface area (Å²) in [6.07, 6.45) is 1.49. The van der Waals surface area contributed by atoms with E-state index in [2.05, 4.69) is 10.3 Å². The number of aryl methyl sites for hydroxylation is 1. The van der Waals surface area contributed by atoms with Gasteiger partial charge in [-0.1, -0.05) is 0 Å². The molecule has 1 aromatic heterocycles. The van der Waals surface area contributed by atoms with Gasteiger partial charge in [-0.2, -0.15) is 0 Å². The molecule has 100 valence electrons. The molecule has 0 aliphatic carbocycles. The highest BCUT2D eigenvalue weighted by Gasteiger charge is 2.25. The summed E-state index contributed by atoms with van der Waals surface area (Å²) in [5.74, 6) is 0.373. The Morgan fingerprint density at radius 1 is 1.78 bits per heavy atom. The number of morpholine rings is 1. The van der Waals surface area contributed by atoms with E-state index in [1.54, 1.807) is 11.6 Å². The van der Waals surface area contributed by atoms with Crippen LogP contribution in [0.3, 0.4) is 0 Å². The zero-order valence-corrected chi connectivity index (χ0v) is 10.5. The molecule has 1 aromatic rings. The number of ether oxygens (including phenoxy) is 1. The molecule has 1 saturated heterocycles. The van der Waals surface area contributed by atoms with E-state index in [1.165, 1.54) is 6.33 Å². The van der Waals surface area contributed by atoms with Gasteiger partial charge in [0.15, 0.2) is 0 Å². The number of anilines is 1. The smallest absolute Gasteiger partial charge is 0.374 e. The minimum absolute atomic E-state index is 0.0401. The molecule has 18 heavy (non-hydrogen) atoms. The lowest BCUT2D eigenvalue weighted by Crippen LogP contribution is -2.44. The fraction of sp³-hybridized carbons (Fsp3) is 0.700. The van der Waals surface area contributed by atoms with E-state index in [4.69, 9.17) is 4.74 Å². The van der Waals surface area contributed by atoms with Crippen LogP contribution in [0.25, 0.3) is 0 Å². The molecule has 1 unspecified atom stereocenters. The second-order valence-electron chi connectivity index (χ2n) is 4.34. The Morgan fingerprint density at radius 3 is 3.17 bits per heavy atom. The zero-order valence-electron chi connectivity index (χ0n) is 10.5. The molecule has 0 radical (unpaired) electrons. The summed E-state index contributed by atoms with van der Waals surface area (Å²) in [6, 6.07) is 0. The predicted octanol–water partition coefficient (Wildman–Crippen LogP) is -0.247. The van der Waals surface area contributed by atoms with Gasteiger partial charge in [0.25, 0.3) is 0 Å². The Labute approximate surface area is 105 Å². The molecule has 0 bridgehead atoms. The molecule has 1 fully saturated rings. The van der Waals surface area contributed by atoms with Crippen LogP contribution in [0.2, 0.25) is 0 Å². The van der Waals surface area contributed by atoms with Crippen molar-refractivity contribution in [3.8, 4) is 0 Å². The summed E-state index contributed by atoms with van der Waals surface area (Å²) in [5, 5.41) is 14.1. The molecular weight excluding hydrogens is 238 g/mol. The third kappa shape index (κ3) is 2.59. The van der Waals surface area contributed by atoms with E-state index < -0.39 is 4.92 Å². The SMILES string of the molecule is CN(CC1CNCCO1)c1c([N+](=O)[O-])ncn1C. The quantitative estimate of drug-likeness (QED) is 0.590. The largest absolute Gasteiger partial charge is 0.406 e. The zero-order chi connectivity index (χ0) is 13.1. The lowest BCUT2D eigenvalue weighted by Gasteiger charge is -2.28. The van der Waals surface area contributed by atoms with Crippen molar-refractivity contribution in [2.24, 2.45) is 7.05 Å². The summed E-state index contributed by atoms with van der Waals surface area (Å²) in [4.78, 5) is 16.0. The Balaban J connectivity index is 2.10. The van der Waals surface area contributed by atoms with Crippen LogP contribution in [0.4, 0.5) is 11.6 Å². The lowest BCUT2D eigenvalue weighted by molar-refractivity contribution is -0.388. The Bertz CT molecular complexity index is 427. The number of hydrogen-bond acceptors (Lipinski definition) is 6. The van der Waals surface area contributed by atoms with E-state index >= 15 is 0 Å². The van der Waals surface area contributed by atoms with Gasteiger partial charge in [-0.15, -0.1) is 0 Å². The first kappa shape index (κ1) is 12.8. The topological polar surface area (TPSA) is 85.5 Å². The Morgan fingerprint density at radius 2 is 2.56 bits per heavy atom. The standard InChI is InChI=1S/C10H17N5O3/c1-13(6-8-5-11-3-4-18-8)10-9(15(16)17)12-7-14(10)2/h7-8,11H,3-6H2,1-2H3. The number of hydrogen-bond donors (Lipinski definition) is 1. The van der Waals surface area contributed by atoms with Gasteiger partial charge in [0.1, 0.15) is 0 Å². The van der Waals surface area contributed by atoms with Crippen LogP contribution in [0.5, 0.6) is 0 Å². The Kier molecular flexibility index (Phi) is 3.78. The summed E-state index contributed by atoms with van der Waals surface area (Å²) < 4.78 is 7.23. The highest BCUT2D eigenvalue weighted by atomic mass is 16.6. The van der Waals surface area contributed by atoms with E-state index in [0.717, 1.165) is 13.1 Å². The molecule has 1 aliphatic rings. The molecule has 1 atom stereocenters. The molecule has 0 aromatic carbocycles. The molecule has 1 N–H and O–H groups in total. The molecule has 8 heteroatoms. The van der Waals surface area contributed by atoms with Crippen LogP contribution in [0.15, 0.2) is 6.33 Å². The van der Waals surface area contributed by atoms with Crippen LogP contribution < -0.4 is 10.2 Å². The maximum absolute atomic E-state index is 10.9. The fourth-order valence-electron chi connectivity index (χ4n) is 2.11. The summed E-state index contributed by atoms with van der Waals surface area (Å²) >= 11 is 0. The van der Waals surface area contributed by atoms with Crippen LogP contribution in [0.1, 0.15) is 0 Å². The molecule has 2 rings (SSSR count). The van der Waals surface area contributed by atoms with Crippen molar-refractivity contribution in [1.82, 2.24) is 14.9 Å². The summed E-state index contributed by atoms with van der Waals surface area (Å²) in [5.41, 5.74) is 0. The van der Waals surface area contributed by atoms with Crippen molar-refractivity contribution in [3.63, 3.8) is 0 Å². The summed E-state index contributed by atoms with van der Waals surface area (Å²) in [6.45, 7) is 2.88. The van der Waals surface area contributed by atoms with E-state index in [1.807, 2.05) is 11.9 Å². The van der Waals surface area contributed by atoms with Crippen molar-refractivity contribution in [1.29, 1.82) is 0 Å². The van der Waals surface area contributed by atoms with Crippen molar-refractivity contribution in [3.05, 3.63) is 16.4 Å². The Hall–Kier alpha value is -1.67. The molecule has 0 saturated carbocycles. The average molecular weight is 255 g/mol. The van der Waals surface area contributed by atoms with E-state index in [-0.39, 0.29) is 11.9 Å². The van der Waals surface area contributed by atoms with Gasteiger partial charge in [0.05, 0.1) is 12.7 Å². The van der Waals surface area contributed by atoms with Gasteiger partial charge in [-0.25, -0.2) is 0 Å². The third-order valence-corrected chi connectivity index (χ3v) is 2.90. The monoisotopic (exact) mass is 255 g/mol. The lowest BCUT2D eigenvalue weighted by atomic mass is 10.3. The van der Waals surface area contributed by atoms with Crippen LogP contribution in [-0.2, 0) is 11.8 Å². The first-order valence-corrected chi connectivity index (χ1v) is 5.78. The first-order chi connectivity index (χ1) is 8.59. The molecule has 8 nitrogen and oxygen atoms in total.